The number of alkyl halides is 2. The van der Waals surface area contributed by atoms with Crippen LogP contribution in [-0.2, 0) is 6.42 Å². The Morgan fingerprint density at radius 2 is 1.82 bits per heavy atom. The Bertz CT molecular complexity index is 1890. The maximum Gasteiger partial charge on any atom is 0.333 e. The molecule has 5 aromatic rings. The van der Waals surface area contributed by atoms with Gasteiger partial charge in [-0.3, -0.25) is 14.3 Å². The third-order valence-corrected chi connectivity index (χ3v) is 7.25. The predicted molar refractivity (Wildman–Crippen MR) is 154 cm³/mol. The Morgan fingerprint density at radius 3 is 2.45 bits per heavy atom. The maximum absolute atomic E-state index is 14.5. The van der Waals surface area contributed by atoms with E-state index in [-0.39, 0.29) is 34.9 Å². The number of carbonyl (C=O) groups is 2. The fourth-order valence-electron chi connectivity index (χ4n) is 4.87. The Labute approximate surface area is 253 Å². The molecule has 226 valence electrons. The standard InChI is InChI=1S/C30H24ClF3N6O4/c1-16(41)21-6-4-19(31)10-23(21)24-15-40(43)27(12-28(24)44-2)26(11-20-7-8-38(37-20)30(33)34)39-14-18(13-36-39)17-3-5-22(29(35)42)25(32)9-17/h3-10,12-15,26,30H,11H2,1-2H3,(H2,35,42)/t26-/m0/s1. The van der Waals surface area contributed by atoms with Crippen LogP contribution in [0, 0.1) is 11.0 Å². The molecule has 5 rings (SSSR count). The van der Waals surface area contributed by atoms with E-state index in [0.29, 0.717) is 42.3 Å². The van der Waals surface area contributed by atoms with Crippen molar-refractivity contribution >= 4 is 23.3 Å². The lowest BCUT2D eigenvalue weighted by atomic mass is 9.97. The molecule has 14 heteroatoms. The average molecular weight is 625 g/mol. The van der Waals surface area contributed by atoms with Crippen LogP contribution < -0.4 is 15.2 Å². The summed E-state index contributed by atoms with van der Waals surface area (Å²) in [5.74, 6) is -1.76. The van der Waals surface area contributed by atoms with Gasteiger partial charge in [0.2, 0.25) is 5.69 Å². The molecule has 0 aliphatic rings. The van der Waals surface area contributed by atoms with Crippen LogP contribution >= 0.6 is 11.6 Å². The molecule has 0 bridgehead atoms. The topological polar surface area (TPSA) is 132 Å². The number of benzene rings is 2. The fourth-order valence-corrected chi connectivity index (χ4v) is 5.04. The lowest BCUT2D eigenvalue weighted by molar-refractivity contribution is -0.615. The first kappa shape index (κ1) is 30.3. The zero-order valence-corrected chi connectivity index (χ0v) is 24.0. The molecule has 0 saturated heterocycles. The Kier molecular flexibility index (Phi) is 8.41. The van der Waals surface area contributed by atoms with Gasteiger partial charge in [-0.25, -0.2) is 9.07 Å². The molecule has 10 nitrogen and oxygen atoms in total. The van der Waals surface area contributed by atoms with Crippen molar-refractivity contribution < 1.29 is 32.2 Å². The van der Waals surface area contributed by atoms with Gasteiger partial charge < -0.3 is 15.7 Å². The Balaban J connectivity index is 1.63. The number of nitrogens with zero attached hydrogens (tertiary/aromatic N) is 5. The number of carbonyl (C=O) groups excluding carboxylic acids is 2. The summed E-state index contributed by atoms with van der Waals surface area (Å²) in [6, 6.07) is 10.5. The minimum atomic E-state index is -2.87. The van der Waals surface area contributed by atoms with Crippen LogP contribution in [0.4, 0.5) is 13.2 Å². The second-order valence-corrected chi connectivity index (χ2v) is 10.2. The fraction of sp³-hybridized carbons (Fsp3) is 0.167. The van der Waals surface area contributed by atoms with E-state index in [1.54, 1.807) is 24.4 Å². The van der Waals surface area contributed by atoms with Crippen molar-refractivity contribution in [3.8, 4) is 28.0 Å². The van der Waals surface area contributed by atoms with Crippen LogP contribution in [0.2, 0.25) is 5.02 Å². The first-order valence-electron chi connectivity index (χ1n) is 13.0. The van der Waals surface area contributed by atoms with Gasteiger partial charge in [0.25, 0.3) is 5.91 Å². The van der Waals surface area contributed by atoms with Crippen molar-refractivity contribution in [1.82, 2.24) is 19.6 Å². The van der Waals surface area contributed by atoms with Crippen LogP contribution in [0.15, 0.2) is 73.3 Å². The number of hydrogen-bond donors (Lipinski definition) is 1. The number of amides is 1. The van der Waals surface area contributed by atoms with Crippen molar-refractivity contribution in [3.63, 3.8) is 0 Å². The minimum Gasteiger partial charge on any atom is -0.618 e. The quantitative estimate of drug-likeness (QED) is 0.126. The van der Waals surface area contributed by atoms with Crippen molar-refractivity contribution in [2.24, 2.45) is 5.73 Å². The Hall–Kier alpha value is -5.17. The highest BCUT2D eigenvalue weighted by Crippen LogP contribution is 2.36. The largest absolute Gasteiger partial charge is 0.618 e. The van der Waals surface area contributed by atoms with Gasteiger partial charge in [-0.05, 0) is 48.9 Å². The molecule has 0 radical (unpaired) electrons. The van der Waals surface area contributed by atoms with E-state index in [0.717, 1.165) is 12.3 Å². The SMILES string of the molecule is COc1cc([C@H](Cc2ccn(C(F)F)n2)n2cc(-c3ccc(C(N)=O)c(F)c3)cn2)[n+]([O-])cc1-c1cc(Cl)ccc1C(C)=O. The number of rotatable bonds is 10. The molecule has 0 aliphatic heterocycles. The molecule has 3 heterocycles. The first-order valence-corrected chi connectivity index (χ1v) is 13.4. The number of pyridine rings is 1. The van der Waals surface area contributed by atoms with Crippen molar-refractivity contribution in [2.45, 2.75) is 25.9 Å². The number of methoxy groups -OCH3 is 1. The van der Waals surface area contributed by atoms with Crippen LogP contribution in [0.5, 0.6) is 5.75 Å². The Morgan fingerprint density at radius 1 is 1.07 bits per heavy atom. The molecule has 0 aliphatic carbocycles. The average Bonchev–Trinajstić information content (AvgIpc) is 3.66. The van der Waals surface area contributed by atoms with Gasteiger partial charge in [0, 0.05) is 40.5 Å². The molecule has 1 atom stereocenters. The van der Waals surface area contributed by atoms with Crippen LogP contribution in [0.25, 0.3) is 22.3 Å². The van der Waals surface area contributed by atoms with E-state index < -0.39 is 24.3 Å². The van der Waals surface area contributed by atoms with E-state index in [2.05, 4.69) is 10.2 Å². The molecule has 0 unspecified atom stereocenters. The molecule has 2 aromatic carbocycles. The molecule has 0 spiro atoms. The van der Waals surface area contributed by atoms with E-state index in [4.69, 9.17) is 22.1 Å². The number of halogens is 4. The highest BCUT2D eigenvalue weighted by Gasteiger charge is 2.29. The van der Waals surface area contributed by atoms with Gasteiger partial charge in [-0.15, -0.1) is 0 Å². The van der Waals surface area contributed by atoms with E-state index in [1.807, 2.05) is 0 Å². The maximum atomic E-state index is 14.5. The lowest BCUT2D eigenvalue weighted by Gasteiger charge is -2.19. The van der Waals surface area contributed by atoms with E-state index in [1.165, 1.54) is 55.4 Å². The molecular weight excluding hydrogens is 601 g/mol. The summed E-state index contributed by atoms with van der Waals surface area (Å²) < 4.78 is 49.1. The van der Waals surface area contributed by atoms with Gasteiger partial charge in [0.15, 0.2) is 12.0 Å². The summed E-state index contributed by atoms with van der Waals surface area (Å²) in [4.78, 5) is 23.8. The number of Topliss-reactive ketones (excluding diaryl/α,β-unsaturated/α-hetero) is 1. The van der Waals surface area contributed by atoms with Crippen molar-refractivity contribution in [1.29, 1.82) is 0 Å². The summed E-state index contributed by atoms with van der Waals surface area (Å²) in [6.07, 6.45) is 5.27. The van der Waals surface area contributed by atoms with E-state index >= 15 is 0 Å². The van der Waals surface area contributed by atoms with Crippen LogP contribution in [0.3, 0.4) is 0 Å². The number of nitrogens with two attached hydrogens (primary N) is 1. The summed E-state index contributed by atoms with van der Waals surface area (Å²) in [5, 5.41) is 22.3. The minimum absolute atomic E-state index is 0.0452. The highest BCUT2D eigenvalue weighted by atomic mass is 35.5. The number of ketones is 1. The summed E-state index contributed by atoms with van der Waals surface area (Å²) in [6.45, 7) is -1.48. The molecule has 0 saturated carbocycles. The summed E-state index contributed by atoms with van der Waals surface area (Å²) in [7, 11) is 1.39. The second kappa shape index (κ2) is 12.2. The number of aromatic nitrogens is 5. The van der Waals surface area contributed by atoms with Crippen molar-refractivity contribution in [2.75, 3.05) is 7.11 Å². The molecule has 2 N–H and O–H groups in total. The van der Waals surface area contributed by atoms with Gasteiger partial charge in [-0.1, -0.05) is 17.7 Å². The van der Waals surface area contributed by atoms with Crippen LogP contribution in [-0.4, -0.2) is 38.4 Å². The van der Waals surface area contributed by atoms with Gasteiger partial charge >= 0.3 is 6.55 Å². The zero-order chi connectivity index (χ0) is 31.7. The lowest BCUT2D eigenvalue weighted by Crippen LogP contribution is -2.36. The summed E-state index contributed by atoms with van der Waals surface area (Å²) in [5.41, 5.74) is 7.08. The highest BCUT2D eigenvalue weighted by molar-refractivity contribution is 6.31. The van der Waals surface area contributed by atoms with Gasteiger partial charge in [-0.2, -0.15) is 23.7 Å². The predicted octanol–water partition coefficient (Wildman–Crippen LogP) is 5.38. The molecule has 1 amide bonds. The number of ether oxygens (including phenoxy) is 1. The smallest absolute Gasteiger partial charge is 0.333 e. The first-order chi connectivity index (χ1) is 21.0. The summed E-state index contributed by atoms with van der Waals surface area (Å²) >= 11 is 6.21. The van der Waals surface area contributed by atoms with E-state index in [9.17, 15) is 28.0 Å². The number of hydrogen-bond acceptors (Lipinski definition) is 6. The van der Waals surface area contributed by atoms with Crippen molar-refractivity contribution in [3.05, 3.63) is 112 Å². The molecule has 3 aromatic heterocycles. The third-order valence-electron chi connectivity index (χ3n) is 7.01. The number of primary amides is 1. The second-order valence-electron chi connectivity index (χ2n) is 9.80. The zero-order valence-electron chi connectivity index (χ0n) is 23.2. The van der Waals surface area contributed by atoms with Crippen LogP contribution in [0.1, 0.15) is 51.6 Å². The third kappa shape index (κ3) is 5.99. The molecular formula is C30H24ClF3N6O4. The molecule has 0 fully saturated rings. The monoisotopic (exact) mass is 624 g/mol. The normalized spacial score (nSPS) is 12.0. The van der Waals surface area contributed by atoms with Gasteiger partial charge in [0.1, 0.15) is 17.6 Å². The van der Waals surface area contributed by atoms with Gasteiger partial charge in [0.05, 0.1) is 36.2 Å². The molecule has 44 heavy (non-hydrogen) atoms.